The minimum absolute atomic E-state index is 0.000311. The average molecular weight is 543 g/mol. The molecule has 40 heavy (non-hydrogen) atoms. The molecule has 6 heteroatoms. The molecule has 0 N–H and O–H groups in total. The number of hydrogen-bond donors (Lipinski definition) is 0. The Balaban J connectivity index is 1.73. The van der Waals surface area contributed by atoms with Gasteiger partial charge in [0.1, 0.15) is 17.6 Å². The second-order valence-corrected chi connectivity index (χ2v) is 10.3. The third kappa shape index (κ3) is 7.59. The first kappa shape index (κ1) is 29.1. The zero-order valence-corrected chi connectivity index (χ0v) is 23.5. The summed E-state index contributed by atoms with van der Waals surface area (Å²) >= 11 is 0. The molecule has 210 valence electrons. The normalized spacial score (nSPS) is 18.2. The van der Waals surface area contributed by atoms with E-state index in [1.165, 1.54) is 12.1 Å². The molecule has 0 fully saturated rings. The van der Waals surface area contributed by atoms with E-state index in [1.807, 2.05) is 71.6 Å². The third-order valence-electron chi connectivity index (χ3n) is 7.46. The predicted molar refractivity (Wildman–Crippen MR) is 156 cm³/mol. The van der Waals surface area contributed by atoms with Gasteiger partial charge < -0.3 is 14.5 Å². The van der Waals surface area contributed by atoms with Gasteiger partial charge in [-0.3, -0.25) is 9.59 Å². The van der Waals surface area contributed by atoms with Crippen LogP contribution in [0.5, 0.6) is 5.75 Å². The molecule has 3 aromatic rings. The Morgan fingerprint density at radius 2 is 1.65 bits per heavy atom. The molecule has 0 spiro atoms. The van der Waals surface area contributed by atoms with E-state index < -0.39 is 6.04 Å². The van der Waals surface area contributed by atoms with Crippen LogP contribution in [0.3, 0.4) is 0 Å². The Labute approximate surface area is 237 Å². The first-order valence-corrected chi connectivity index (χ1v) is 14.2. The van der Waals surface area contributed by atoms with Crippen LogP contribution in [0.2, 0.25) is 0 Å². The van der Waals surface area contributed by atoms with Gasteiger partial charge in [-0.2, -0.15) is 0 Å². The summed E-state index contributed by atoms with van der Waals surface area (Å²) in [7, 11) is 1.62. The molecule has 0 saturated carbocycles. The van der Waals surface area contributed by atoms with Crippen LogP contribution in [0.15, 0.2) is 91.0 Å². The molecule has 0 aromatic heterocycles. The summed E-state index contributed by atoms with van der Waals surface area (Å²) in [5.41, 5.74) is 2.75. The fourth-order valence-corrected chi connectivity index (χ4v) is 5.21. The summed E-state index contributed by atoms with van der Waals surface area (Å²) in [6, 6.07) is 22.8. The monoisotopic (exact) mass is 542 g/mol. The Bertz CT molecular complexity index is 1260. The quantitative estimate of drug-likeness (QED) is 0.196. The second-order valence-electron chi connectivity index (χ2n) is 10.3. The van der Waals surface area contributed by atoms with Gasteiger partial charge in [-0.25, -0.2) is 4.39 Å². The number of amides is 2. The predicted octanol–water partition coefficient (Wildman–Crippen LogP) is 6.88. The van der Waals surface area contributed by atoms with Crippen LogP contribution in [0.1, 0.15) is 61.8 Å². The molecule has 5 nitrogen and oxygen atoms in total. The number of carbonyl (C=O) groups excluding carboxylic acids is 2. The smallest absolute Gasteiger partial charge is 0.246 e. The van der Waals surface area contributed by atoms with Crippen molar-refractivity contribution in [3.8, 4) is 5.75 Å². The topological polar surface area (TPSA) is 49.9 Å². The van der Waals surface area contributed by atoms with E-state index in [9.17, 15) is 14.0 Å². The molecule has 4 rings (SSSR count). The van der Waals surface area contributed by atoms with E-state index in [2.05, 4.69) is 6.92 Å². The van der Waals surface area contributed by atoms with E-state index in [-0.39, 0.29) is 30.2 Å². The van der Waals surface area contributed by atoms with Crippen molar-refractivity contribution in [2.45, 2.75) is 64.1 Å². The van der Waals surface area contributed by atoms with Gasteiger partial charge in [0.25, 0.3) is 0 Å². The Hall–Kier alpha value is -3.93. The molecule has 3 aromatic carbocycles. The van der Waals surface area contributed by atoms with Crippen molar-refractivity contribution >= 4 is 11.8 Å². The van der Waals surface area contributed by atoms with Gasteiger partial charge in [0.05, 0.1) is 13.2 Å². The third-order valence-corrected chi connectivity index (χ3v) is 7.46. The number of rotatable bonds is 11. The second kappa shape index (κ2) is 14.5. The highest BCUT2D eigenvalue weighted by Crippen LogP contribution is 2.30. The Kier molecular flexibility index (Phi) is 10.5. The lowest BCUT2D eigenvalue weighted by molar-refractivity contribution is -0.147. The van der Waals surface area contributed by atoms with Crippen LogP contribution < -0.4 is 4.74 Å². The molecule has 1 aliphatic rings. The van der Waals surface area contributed by atoms with Gasteiger partial charge in [0, 0.05) is 25.9 Å². The van der Waals surface area contributed by atoms with Gasteiger partial charge in [-0.15, -0.1) is 0 Å². The first-order chi connectivity index (χ1) is 19.5. The van der Waals surface area contributed by atoms with Crippen molar-refractivity contribution in [1.29, 1.82) is 0 Å². The first-order valence-electron chi connectivity index (χ1n) is 14.2. The van der Waals surface area contributed by atoms with Crippen LogP contribution in [0.4, 0.5) is 4.39 Å². The van der Waals surface area contributed by atoms with E-state index in [0.717, 1.165) is 48.1 Å². The summed E-state index contributed by atoms with van der Waals surface area (Å²) < 4.78 is 19.1. The number of methoxy groups -OCH3 is 1. The summed E-state index contributed by atoms with van der Waals surface area (Å²) in [5.74, 6) is 0.285. The molecule has 1 aliphatic heterocycles. The van der Waals surface area contributed by atoms with Crippen molar-refractivity contribution < 1.29 is 18.7 Å². The molecular weight excluding hydrogens is 503 g/mol. The van der Waals surface area contributed by atoms with Crippen molar-refractivity contribution in [3.05, 3.63) is 114 Å². The molecule has 1 heterocycles. The van der Waals surface area contributed by atoms with Gasteiger partial charge >= 0.3 is 0 Å². The molecule has 2 unspecified atom stereocenters. The van der Waals surface area contributed by atoms with Crippen LogP contribution in [0, 0.1) is 5.82 Å². The van der Waals surface area contributed by atoms with Crippen molar-refractivity contribution in [2.75, 3.05) is 13.7 Å². The summed E-state index contributed by atoms with van der Waals surface area (Å²) in [5, 5.41) is 0. The summed E-state index contributed by atoms with van der Waals surface area (Å²) in [4.78, 5) is 31.7. The van der Waals surface area contributed by atoms with Crippen molar-refractivity contribution in [1.82, 2.24) is 9.80 Å². The van der Waals surface area contributed by atoms with Crippen molar-refractivity contribution in [2.24, 2.45) is 0 Å². The number of unbranched alkanes of at least 4 members (excludes halogenated alkanes) is 3. The van der Waals surface area contributed by atoms with Crippen LogP contribution in [-0.2, 0) is 22.6 Å². The largest absolute Gasteiger partial charge is 0.497 e. The average Bonchev–Trinajstić information content (AvgIpc) is 2.98. The SMILES string of the molecule is CCCCCCC(=O)N1C/C=C\C(c2ccc(OC)cc2)N(Cc2ccc(F)cc2)C(=O)C1Cc1ccccc1. The van der Waals surface area contributed by atoms with E-state index in [1.54, 1.807) is 24.1 Å². The van der Waals surface area contributed by atoms with Gasteiger partial charge in [0.2, 0.25) is 11.8 Å². The molecule has 0 radical (unpaired) electrons. The Morgan fingerprint density at radius 3 is 2.33 bits per heavy atom. The summed E-state index contributed by atoms with van der Waals surface area (Å²) in [6.45, 7) is 2.80. The van der Waals surface area contributed by atoms with Crippen molar-refractivity contribution in [3.63, 3.8) is 0 Å². The lowest BCUT2D eigenvalue weighted by Gasteiger charge is -2.39. The number of carbonyl (C=O) groups is 2. The van der Waals surface area contributed by atoms with E-state index in [0.29, 0.717) is 19.4 Å². The number of hydrogen-bond acceptors (Lipinski definition) is 3. The maximum absolute atomic E-state index is 14.6. The molecule has 0 bridgehead atoms. The highest BCUT2D eigenvalue weighted by Gasteiger charge is 2.36. The van der Waals surface area contributed by atoms with Gasteiger partial charge in [0.15, 0.2) is 0 Å². The maximum atomic E-state index is 14.6. The van der Waals surface area contributed by atoms with E-state index >= 15 is 0 Å². The summed E-state index contributed by atoms with van der Waals surface area (Å²) in [6.07, 6.45) is 8.85. The van der Waals surface area contributed by atoms with Crippen LogP contribution >= 0.6 is 0 Å². The lowest BCUT2D eigenvalue weighted by atomic mass is 9.96. The highest BCUT2D eigenvalue weighted by atomic mass is 19.1. The Morgan fingerprint density at radius 1 is 0.925 bits per heavy atom. The maximum Gasteiger partial charge on any atom is 0.246 e. The number of nitrogens with zero attached hydrogens (tertiary/aromatic N) is 2. The minimum Gasteiger partial charge on any atom is -0.497 e. The molecule has 2 amide bonds. The lowest BCUT2D eigenvalue weighted by Crippen LogP contribution is -2.53. The fraction of sp³-hybridized carbons (Fsp3) is 0.353. The number of halogens is 1. The minimum atomic E-state index is -0.660. The zero-order chi connectivity index (χ0) is 28.3. The number of ether oxygens (including phenoxy) is 1. The molecule has 0 saturated heterocycles. The van der Waals surface area contributed by atoms with E-state index in [4.69, 9.17) is 4.74 Å². The van der Waals surface area contributed by atoms with Crippen LogP contribution in [-0.4, -0.2) is 41.3 Å². The van der Waals surface area contributed by atoms with Gasteiger partial charge in [-0.05, 0) is 47.4 Å². The molecular formula is C34H39FN2O3. The number of benzene rings is 3. The molecule has 0 aliphatic carbocycles. The fourth-order valence-electron chi connectivity index (χ4n) is 5.21. The zero-order valence-electron chi connectivity index (χ0n) is 23.5. The van der Waals surface area contributed by atoms with Crippen LogP contribution in [0.25, 0.3) is 0 Å². The highest BCUT2D eigenvalue weighted by molar-refractivity contribution is 5.89. The standard InChI is InChI=1S/C34H39FN2O3/c1-3-4-5-9-14-33(38)36-23-10-13-31(28-17-21-30(40-2)22-18-28)37(25-27-15-19-29(35)20-16-27)34(39)32(36)24-26-11-7-6-8-12-26/h6-8,10-13,15-22,31-32H,3-5,9,14,23-25H2,1-2H3/b13-10-. The molecule has 2 atom stereocenters. The van der Waals surface area contributed by atoms with Gasteiger partial charge in [-0.1, -0.05) is 92.9 Å².